The van der Waals surface area contributed by atoms with Gasteiger partial charge in [0.25, 0.3) is 0 Å². The van der Waals surface area contributed by atoms with Crippen molar-refractivity contribution >= 4 is 27.8 Å². The third kappa shape index (κ3) is 7.23. The fourth-order valence-corrected chi connectivity index (χ4v) is 10.4. The molecule has 1 aliphatic carbocycles. The molecule has 0 saturated heterocycles. The summed E-state index contributed by atoms with van der Waals surface area (Å²) in [4.78, 5) is 2.39. The Morgan fingerprint density at radius 3 is 1.36 bits per heavy atom. The van der Waals surface area contributed by atoms with Crippen LogP contribution in [-0.4, -0.2) is 0 Å². The van der Waals surface area contributed by atoms with Gasteiger partial charge in [0.1, 0.15) is 0 Å². The van der Waals surface area contributed by atoms with Gasteiger partial charge in [0.2, 0.25) is 0 Å². The second-order valence-corrected chi connectivity index (χ2v) is 17.8. The van der Waals surface area contributed by atoms with Gasteiger partial charge in [-0.3, -0.25) is 0 Å². The molecule has 11 aromatic rings. The van der Waals surface area contributed by atoms with Crippen molar-refractivity contribution < 1.29 is 0 Å². The Bertz CT molecular complexity index is 3540. The van der Waals surface area contributed by atoms with Gasteiger partial charge in [0.05, 0.1) is 0 Å². The van der Waals surface area contributed by atoms with E-state index in [0.717, 1.165) is 17.1 Å². The van der Waals surface area contributed by atoms with Gasteiger partial charge < -0.3 is 4.90 Å². The molecule has 0 heterocycles. The summed E-state index contributed by atoms with van der Waals surface area (Å²) < 4.78 is 0. The van der Waals surface area contributed by atoms with E-state index in [9.17, 15) is 0 Å². The Balaban J connectivity index is 0.915. The summed E-state index contributed by atoms with van der Waals surface area (Å²) in [5.41, 5.74) is 21.7. The maximum atomic E-state index is 2.39. The summed E-state index contributed by atoms with van der Waals surface area (Å²) in [7, 11) is 0. The van der Waals surface area contributed by atoms with Gasteiger partial charge in [-0.05, 0) is 144 Å². The zero-order chi connectivity index (χ0) is 44.7. The maximum Gasteiger partial charge on any atom is 0.0467 e. The molecule has 316 valence electrons. The molecule has 0 radical (unpaired) electrons. The van der Waals surface area contributed by atoms with Crippen LogP contribution < -0.4 is 4.90 Å². The van der Waals surface area contributed by atoms with Crippen molar-refractivity contribution in [2.45, 2.75) is 12.3 Å². The highest BCUT2D eigenvalue weighted by Gasteiger charge is 2.41. The third-order valence-corrected chi connectivity index (χ3v) is 14.0. The number of hydrogen-bond donors (Lipinski definition) is 0. The fraction of sp³-hybridized carbons (Fsp3) is 0.0303. The highest BCUT2D eigenvalue weighted by atomic mass is 15.1. The third-order valence-electron chi connectivity index (χ3n) is 14.0. The first-order valence-corrected chi connectivity index (χ1v) is 23.2. The predicted octanol–water partition coefficient (Wildman–Crippen LogP) is 18.0. The lowest BCUT2D eigenvalue weighted by molar-refractivity contribution is 0.714. The average Bonchev–Trinajstić information content (AvgIpc) is 3.68. The van der Waals surface area contributed by atoms with Crippen LogP contribution in [0.1, 0.15) is 23.6 Å². The van der Waals surface area contributed by atoms with Crippen LogP contribution in [0.3, 0.4) is 0 Å². The summed E-state index contributed by atoms with van der Waals surface area (Å²) in [6.07, 6.45) is 0. The van der Waals surface area contributed by atoms with Crippen molar-refractivity contribution in [1.29, 1.82) is 0 Å². The predicted molar refractivity (Wildman–Crippen MR) is 283 cm³/mol. The number of fused-ring (bicyclic) bond motifs is 4. The van der Waals surface area contributed by atoms with Crippen LogP contribution >= 0.6 is 0 Å². The Morgan fingerprint density at radius 2 is 0.701 bits per heavy atom. The van der Waals surface area contributed by atoms with E-state index in [4.69, 9.17) is 0 Å². The summed E-state index contributed by atoms with van der Waals surface area (Å²) in [5, 5.41) is 2.51. The lowest BCUT2D eigenvalue weighted by atomic mass is 9.74. The Kier molecular flexibility index (Phi) is 10.0. The molecule has 0 bridgehead atoms. The SMILES string of the molecule is CC1(c2ccccc2)c2ccccc2-c2c(-c3ccc(N(c4ccc(-c5ccc(-c6ccccc6)cc5)cc4)c4cccc(-c5ccc(-c6ccc7ccccc7c6)cc5)c4)cc3)cccc21. The highest BCUT2D eigenvalue weighted by Crippen LogP contribution is 2.55. The standard InChI is InChI=1S/C66H47N/c1-66(57-19-6-3-7-20-57)63-24-11-10-22-62(63)65-61(23-13-25-64(65)66)53-38-42-59(43-39-53)67(58-40-36-50(37-41-58)49-28-26-48(27-29-49)46-14-4-2-5-15-46)60-21-12-18-55(45-60)51-30-32-52(33-31-51)56-35-34-47-16-8-9-17-54(47)44-56/h2-45H,1H3. The number of rotatable bonds is 9. The minimum Gasteiger partial charge on any atom is -0.310 e. The van der Waals surface area contributed by atoms with Gasteiger partial charge in [-0.2, -0.15) is 0 Å². The largest absolute Gasteiger partial charge is 0.310 e. The zero-order valence-corrected chi connectivity index (χ0v) is 37.4. The zero-order valence-electron chi connectivity index (χ0n) is 37.4. The van der Waals surface area contributed by atoms with Crippen molar-refractivity contribution in [1.82, 2.24) is 0 Å². The van der Waals surface area contributed by atoms with Crippen molar-refractivity contribution in [3.8, 4) is 66.8 Å². The lowest BCUT2D eigenvalue weighted by Crippen LogP contribution is -2.22. The monoisotopic (exact) mass is 853 g/mol. The normalized spacial score (nSPS) is 13.8. The maximum absolute atomic E-state index is 2.39. The smallest absolute Gasteiger partial charge is 0.0467 e. The summed E-state index contributed by atoms with van der Waals surface area (Å²) in [6, 6.07) is 97.6. The molecule has 0 aromatic heterocycles. The van der Waals surface area contributed by atoms with Crippen LogP contribution in [0.25, 0.3) is 77.5 Å². The molecule has 1 unspecified atom stereocenters. The Morgan fingerprint density at radius 1 is 0.269 bits per heavy atom. The van der Waals surface area contributed by atoms with Crippen LogP contribution in [0.5, 0.6) is 0 Å². The van der Waals surface area contributed by atoms with E-state index in [1.807, 2.05) is 0 Å². The van der Waals surface area contributed by atoms with E-state index in [0.29, 0.717) is 0 Å². The molecule has 0 spiro atoms. The van der Waals surface area contributed by atoms with Gasteiger partial charge in [-0.25, -0.2) is 0 Å². The average molecular weight is 854 g/mol. The number of hydrogen-bond acceptors (Lipinski definition) is 1. The van der Waals surface area contributed by atoms with E-state index < -0.39 is 0 Å². The van der Waals surface area contributed by atoms with Crippen LogP contribution in [0, 0.1) is 0 Å². The summed E-state index contributed by atoms with van der Waals surface area (Å²) >= 11 is 0. The van der Waals surface area contributed by atoms with Gasteiger partial charge in [0, 0.05) is 22.5 Å². The van der Waals surface area contributed by atoms with Crippen LogP contribution in [0.2, 0.25) is 0 Å². The first-order valence-electron chi connectivity index (χ1n) is 23.2. The van der Waals surface area contributed by atoms with Gasteiger partial charge in [0.15, 0.2) is 0 Å². The Hall–Kier alpha value is -8.52. The van der Waals surface area contributed by atoms with E-state index >= 15 is 0 Å². The molecule has 0 saturated carbocycles. The second kappa shape index (κ2) is 16.8. The van der Waals surface area contributed by atoms with E-state index in [2.05, 4.69) is 279 Å². The van der Waals surface area contributed by atoms with E-state index in [1.54, 1.807) is 0 Å². The number of benzene rings is 11. The van der Waals surface area contributed by atoms with E-state index in [-0.39, 0.29) is 5.41 Å². The van der Waals surface area contributed by atoms with Gasteiger partial charge in [-0.15, -0.1) is 0 Å². The topological polar surface area (TPSA) is 3.24 Å². The minimum absolute atomic E-state index is 0.252. The number of nitrogens with zero attached hydrogens (tertiary/aromatic N) is 1. The van der Waals surface area contributed by atoms with Crippen LogP contribution in [-0.2, 0) is 5.41 Å². The Labute approximate surface area is 393 Å². The molecular formula is C66H47N. The lowest BCUT2D eigenvalue weighted by Gasteiger charge is -2.28. The first kappa shape index (κ1) is 40.0. The first-order chi connectivity index (χ1) is 33.1. The minimum atomic E-state index is -0.252. The highest BCUT2D eigenvalue weighted by molar-refractivity contribution is 5.94. The molecular weight excluding hydrogens is 807 g/mol. The number of anilines is 3. The van der Waals surface area contributed by atoms with E-state index in [1.165, 1.54) is 94.2 Å². The molecule has 11 aromatic carbocycles. The molecule has 12 rings (SSSR count). The van der Waals surface area contributed by atoms with Gasteiger partial charge >= 0.3 is 0 Å². The van der Waals surface area contributed by atoms with Crippen molar-refractivity contribution in [2.24, 2.45) is 0 Å². The molecule has 0 amide bonds. The van der Waals surface area contributed by atoms with Crippen molar-refractivity contribution in [3.05, 3.63) is 284 Å². The van der Waals surface area contributed by atoms with Crippen LogP contribution in [0.4, 0.5) is 17.1 Å². The van der Waals surface area contributed by atoms with Crippen molar-refractivity contribution in [2.75, 3.05) is 4.90 Å². The summed E-state index contributed by atoms with van der Waals surface area (Å²) in [6.45, 7) is 2.39. The van der Waals surface area contributed by atoms with Crippen molar-refractivity contribution in [3.63, 3.8) is 0 Å². The molecule has 0 N–H and O–H groups in total. The molecule has 1 atom stereocenters. The molecule has 1 nitrogen and oxygen atoms in total. The molecule has 0 fully saturated rings. The van der Waals surface area contributed by atoms with Gasteiger partial charge in [-0.1, -0.05) is 224 Å². The quantitative estimate of drug-likeness (QED) is 0.140. The molecule has 67 heavy (non-hydrogen) atoms. The molecule has 0 aliphatic heterocycles. The second-order valence-electron chi connectivity index (χ2n) is 17.8. The molecule has 1 heteroatoms. The summed E-state index contributed by atoms with van der Waals surface area (Å²) in [5.74, 6) is 0. The fourth-order valence-electron chi connectivity index (χ4n) is 10.4. The molecule has 1 aliphatic rings. The van der Waals surface area contributed by atoms with Crippen LogP contribution in [0.15, 0.2) is 267 Å².